The first-order valence-corrected chi connectivity index (χ1v) is 12.6. The summed E-state index contributed by atoms with van der Waals surface area (Å²) in [6.07, 6.45) is 5.82. The summed E-state index contributed by atoms with van der Waals surface area (Å²) >= 11 is 0. The van der Waals surface area contributed by atoms with E-state index in [0.717, 1.165) is 57.0 Å². The standard InChI is InChI=1S/C22H35N3O3S/c1-18-10-13-23(14-11-18)15-20-8-6-12-24(16-20)22(26)17-25(29(3,27)28)21-9-5-4-7-19(21)2/h4-5,7,9,18,20H,6,8,10-17H2,1-3H3. The lowest BCUT2D eigenvalue weighted by molar-refractivity contribution is -0.131. The number of hydrogen-bond donors (Lipinski definition) is 0. The Morgan fingerprint density at radius 1 is 1.14 bits per heavy atom. The first kappa shape index (κ1) is 22.1. The van der Waals surface area contributed by atoms with Crippen molar-refractivity contribution in [2.24, 2.45) is 11.8 Å². The summed E-state index contributed by atoms with van der Waals surface area (Å²) in [6.45, 7) is 8.87. The van der Waals surface area contributed by atoms with Crippen LogP contribution in [0.5, 0.6) is 0 Å². The number of amides is 1. The molecule has 0 saturated carbocycles. The maximum absolute atomic E-state index is 13.0. The van der Waals surface area contributed by atoms with Crippen molar-refractivity contribution in [3.05, 3.63) is 29.8 Å². The SMILES string of the molecule is Cc1ccccc1N(CC(=O)N1CCCC(CN2CCC(C)CC2)C1)S(C)(=O)=O. The van der Waals surface area contributed by atoms with E-state index in [4.69, 9.17) is 0 Å². The summed E-state index contributed by atoms with van der Waals surface area (Å²) < 4.78 is 26.1. The van der Waals surface area contributed by atoms with E-state index in [-0.39, 0.29) is 12.5 Å². The second kappa shape index (κ2) is 9.47. The minimum Gasteiger partial charge on any atom is -0.341 e. The highest BCUT2D eigenvalue weighted by Gasteiger charge is 2.29. The van der Waals surface area contributed by atoms with E-state index in [1.807, 2.05) is 24.0 Å². The van der Waals surface area contributed by atoms with Crippen molar-refractivity contribution in [3.63, 3.8) is 0 Å². The van der Waals surface area contributed by atoms with Gasteiger partial charge in [0, 0.05) is 19.6 Å². The molecule has 1 unspecified atom stereocenters. The quantitative estimate of drug-likeness (QED) is 0.709. The second-order valence-corrected chi connectivity index (χ2v) is 10.8. The van der Waals surface area contributed by atoms with E-state index >= 15 is 0 Å². The van der Waals surface area contributed by atoms with E-state index in [1.165, 1.54) is 23.4 Å². The molecule has 29 heavy (non-hydrogen) atoms. The molecule has 0 aromatic heterocycles. The van der Waals surface area contributed by atoms with Gasteiger partial charge in [0.05, 0.1) is 11.9 Å². The largest absolute Gasteiger partial charge is 0.341 e. The molecule has 7 heteroatoms. The van der Waals surface area contributed by atoms with Crippen LogP contribution in [-0.4, -0.2) is 69.6 Å². The van der Waals surface area contributed by atoms with Crippen molar-refractivity contribution in [1.82, 2.24) is 9.80 Å². The maximum Gasteiger partial charge on any atom is 0.243 e. The van der Waals surface area contributed by atoms with Crippen LogP contribution < -0.4 is 4.31 Å². The molecule has 1 aromatic carbocycles. The summed E-state index contributed by atoms with van der Waals surface area (Å²) in [4.78, 5) is 17.4. The zero-order valence-electron chi connectivity index (χ0n) is 18.0. The number of likely N-dealkylation sites (tertiary alicyclic amines) is 2. The minimum absolute atomic E-state index is 0.101. The fourth-order valence-corrected chi connectivity index (χ4v) is 5.40. The Balaban J connectivity index is 1.63. The van der Waals surface area contributed by atoms with Gasteiger partial charge in [-0.15, -0.1) is 0 Å². The molecule has 0 bridgehead atoms. The van der Waals surface area contributed by atoms with Gasteiger partial charge in [0.15, 0.2) is 0 Å². The number of sulfonamides is 1. The van der Waals surface area contributed by atoms with E-state index in [1.54, 1.807) is 12.1 Å². The third-order valence-corrected chi connectivity index (χ3v) is 7.45. The number of benzene rings is 1. The number of carbonyl (C=O) groups excluding carboxylic acids is 1. The molecule has 2 fully saturated rings. The summed E-state index contributed by atoms with van der Waals surface area (Å²) in [5.41, 5.74) is 1.43. The molecule has 2 heterocycles. The summed E-state index contributed by atoms with van der Waals surface area (Å²) in [6, 6.07) is 7.31. The highest BCUT2D eigenvalue weighted by atomic mass is 32.2. The zero-order valence-corrected chi connectivity index (χ0v) is 18.8. The van der Waals surface area contributed by atoms with Crippen LogP contribution in [0.15, 0.2) is 24.3 Å². The van der Waals surface area contributed by atoms with Gasteiger partial charge in [-0.05, 0) is 69.2 Å². The number of para-hydroxylation sites is 1. The van der Waals surface area contributed by atoms with Crippen LogP contribution in [0.3, 0.4) is 0 Å². The van der Waals surface area contributed by atoms with E-state index in [0.29, 0.717) is 11.6 Å². The summed E-state index contributed by atoms with van der Waals surface area (Å²) in [7, 11) is -3.54. The number of anilines is 1. The second-order valence-electron chi connectivity index (χ2n) is 8.89. The third kappa shape index (κ3) is 5.95. The molecule has 0 radical (unpaired) electrons. The van der Waals surface area contributed by atoms with Gasteiger partial charge in [-0.2, -0.15) is 0 Å². The molecule has 162 valence electrons. The number of hydrogen-bond acceptors (Lipinski definition) is 4. The Bertz CT molecular complexity index is 803. The number of aryl methyl sites for hydroxylation is 1. The number of piperidine rings is 2. The van der Waals surface area contributed by atoms with Crippen molar-refractivity contribution in [2.75, 3.05) is 49.8 Å². The van der Waals surface area contributed by atoms with Gasteiger partial charge in [-0.25, -0.2) is 8.42 Å². The number of nitrogens with zero attached hydrogens (tertiary/aromatic N) is 3. The first-order valence-electron chi connectivity index (χ1n) is 10.8. The van der Waals surface area contributed by atoms with Crippen LogP contribution in [-0.2, 0) is 14.8 Å². The molecular formula is C22H35N3O3S. The molecule has 0 N–H and O–H groups in total. The lowest BCUT2D eigenvalue weighted by Gasteiger charge is -2.38. The van der Waals surface area contributed by atoms with Gasteiger partial charge in [-0.1, -0.05) is 25.1 Å². The monoisotopic (exact) mass is 421 g/mol. The van der Waals surface area contributed by atoms with E-state index in [2.05, 4.69) is 11.8 Å². The average molecular weight is 422 g/mol. The molecule has 0 spiro atoms. The van der Waals surface area contributed by atoms with Crippen LogP contribution in [0, 0.1) is 18.8 Å². The fraction of sp³-hybridized carbons (Fsp3) is 0.682. The van der Waals surface area contributed by atoms with Crippen LogP contribution in [0.1, 0.15) is 38.2 Å². The molecule has 2 saturated heterocycles. The smallest absolute Gasteiger partial charge is 0.243 e. The molecular weight excluding hydrogens is 386 g/mol. The van der Waals surface area contributed by atoms with E-state index in [9.17, 15) is 13.2 Å². The number of carbonyl (C=O) groups is 1. The van der Waals surface area contributed by atoms with Crippen molar-refractivity contribution >= 4 is 21.6 Å². The third-order valence-electron chi connectivity index (χ3n) is 6.33. The fourth-order valence-electron chi connectivity index (χ4n) is 4.50. The Hall–Kier alpha value is -1.60. The van der Waals surface area contributed by atoms with Gasteiger partial charge in [0.1, 0.15) is 6.54 Å². The molecule has 2 aliphatic rings. The first-order chi connectivity index (χ1) is 13.7. The lowest BCUT2D eigenvalue weighted by atomic mass is 9.94. The molecule has 1 aromatic rings. The average Bonchev–Trinajstić information content (AvgIpc) is 2.68. The predicted molar refractivity (Wildman–Crippen MR) is 118 cm³/mol. The van der Waals surface area contributed by atoms with Crippen LogP contribution in [0.25, 0.3) is 0 Å². The van der Waals surface area contributed by atoms with E-state index < -0.39 is 10.0 Å². The van der Waals surface area contributed by atoms with Crippen molar-refractivity contribution < 1.29 is 13.2 Å². The Morgan fingerprint density at radius 3 is 2.48 bits per heavy atom. The Morgan fingerprint density at radius 2 is 1.83 bits per heavy atom. The molecule has 6 nitrogen and oxygen atoms in total. The normalized spacial score (nSPS) is 21.9. The lowest BCUT2D eigenvalue weighted by Crippen LogP contribution is -2.48. The van der Waals surface area contributed by atoms with Crippen LogP contribution in [0.4, 0.5) is 5.69 Å². The molecule has 1 atom stereocenters. The predicted octanol–water partition coefficient (Wildman–Crippen LogP) is 2.73. The van der Waals surface area contributed by atoms with Gasteiger partial charge >= 0.3 is 0 Å². The highest BCUT2D eigenvalue weighted by Crippen LogP contribution is 2.24. The highest BCUT2D eigenvalue weighted by molar-refractivity contribution is 7.92. The molecule has 1 amide bonds. The van der Waals surface area contributed by atoms with Crippen LogP contribution in [0.2, 0.25) is 0 Å². The Kier molecular flexibility index (Phi) is 7.22. The van der Waals surface area contributed by atoms with Crippen LogP contribution >= 0.6 is 0 Å². The molecule has 3 rings (SSSR count). The van der Waals surface area contributed by atoms with Gasteiger partial charge in [0.25, 0.3) is 0 Å². The van der Waals surface area contributed by atoms with Crippen molar-refractivity contribution in [1.29, 1.82) is 0 Å². The Labute approximate surface area is 175 Å². The van der Waals surface area contributed by atoms with Gasteiger partial charge in [-0.3, -0.25) is 9.10 Å². The maximum atomic E-state index is 13.0. The minimum atomic E-state index is -3.54. The van der Waals surface area contributed by atoms with Crippen molar-refractivity contribution in [2.45, 2.75) is 39.5 Å². The molecule has 2 aliphatic heterocycles. The summed E-state index contributed by atoms with van der Waals surface area (Å²) in [5.74, 6) is 1.20. The summed E-state index contributed by atoms with van der Waals surface area (Å²) in [5, 5.41) is 0. The van der Waals surface area contributed by atoms with Gasteiger partial charge < -0.3 is 9.80 Å². The van der Waals surface area contributed by atoms with Gasteiger partial charge in [0.2, 0.25) is 15.9 Å². The number of rotatable bonds is 6. The molecule has 0 aliphatic carbocycles. The zero-order chi connectivity index (χ0) is 21.0. The topological polar surface area (TPSA) is 60.9 Å². The van der Waals surface area contributed by atoms with Crippen molar-refractivity contribution in [3.8, 4) is 0 Å².